The smallest absolute Gasteiger partial charge is 0.326 e. The van der Waals surface area contributed by atoms with Crippen molar-refractivity contribution in [3.05, 3.63) is 72.4 Å². The van der Waals surface area contributed by atoms with Crippen molar-refractivity contribution in [3.8, 4) is 11.1 Å². The van der Waals surface area contributed by atoms with Gasteiger partial charge in [-0.1, -0.05) is 25.5 Å². The summed E-state index contributed by atoms with van der Waals surface area (Å²) in [6.45, 7) is 2.81. The molecule has 0 atom stereocenters. The van der Waals surface area contributed by atoms with Crippen LogP contribution in [0.25, 0.3) is 33.1 Å². The van der Waals surface area contributed by atoms with Gasteiger partial charge in [0.25, 0.3) is 0 Å². The Morgan fingerprint density at radius 3 is 2.84 bits per heavy atom. The molecule has 0 aliphatic rings. The summed E-state index contributed by atoms with van der Waals surface area (Å²) in [5.41, 5.74) is 6.22. The van der Waals surface area contributed by atoms with Gasteiger partial charge >= 0.3 is 6.03 Å². The van der Waals surface area contributed by atoms with Crippen LogP contribution >= 0.6 is 0 Å². The fraction of sp³-hybridized carbons (Fsp3) is 0.240. The second-order valence-corrected chi connectivity index (χ2v) is 8.13. The number of carbonyl (C=O) groups is 1. The summed E-state index contributed by atoms with van der Waals surface area (Å²) < 4.78 is 3.49. The first-order chi connectivity index (χ1) is 15.6. The monoisotopic (exact) mass is 426 g/mol. The fourth-order valence-corrected chi connectivity index (χ4v) is 4.16. The first-order valence-corrected chi connectivity index (χ1v) is 11.0. The van der Waals surface area contributed by atoms with Crippen LogP contribution < -0.4 is 5.32 Å². The third-order valence-electron chi connectivity index (χ3n) is 5.88. The van der Waals surface area contributed by atoms with Crippen LogP contribution in [0.5, 0.6) is 0 Å². The number of hydrogen-bond acceptors (Lipinski definition) is 3. The molecule has 162 valence electrons. The van der Waals surface area contributed by atoms with E-state index in [2.05, 4.69) is 39.4 Å². The second-order valence-electron chi connectivity index (χ2n) is 8.13. The van der Waals surface area contributed by atoms with E-state index in [4.69, 9.17) is 0 Å². The molecule has 7 heteroatoms. The van der Waals surface area contributed by atoms with Crippen LogP contribution in [0.3, 0.4) is 0 Å². The van der Waals surface area contributed by atoms with Gasteiger partial charge in [-0.2, -0.15) is 5.10 Å². The number of aryl methyl sites for hydroxylation is 1. The number of nitrogens with zero attached hydrogens (tertiary/aromatic N) is 4. The molecular weight excluding hydrogens is 400 g/mol. The van der Waals surface area contributed by atoms with Crippen molar-refractivity contribution < 1.29 is 4.79 Å². The first kappa shape index (κ1) is 20.1. The summed E-state index contributed by atoms with van der Waals surface area (Å²) in [6.07, 6.45) is 12.4. The van der Waals surface area contributed by atoms with Crippen molar-refractivity contribution in [2.24, 2.45) is 7.05 Å². The lowest BCUT2D eigenvalue weighted by Gasteiger charge is -2.08. The van der Waals surface area contributed by atoms with E-state index >= 15 is 0 Å². The number of aromatic nitrogens is 5. The number of fused-ring (bicyclic) bond motifs is 2. The van der Waals surface area contributed by atoms with Gasteiger partial charge in [0.05, 0.1) is 11.7 Å². The number of benzene rings is 1. The Balaban J connectivity index is 1.47. The van der Waals surface area contributed by atoms with Gasteiger partial charge in [-0.3, -0.25) is 9.25 Å². The number of amides is 1. The number of carbonyl (C=O) groups excluding carboxylic acids is 1. The maximum Gasteiger partial charge on any atom is 0.326 e. The summed E-state index contributed by atoms with van der Waals surface area (Å²) in [7, 11) is 1.91. The number of hydrogen-bond donors (Lipinski definition) is 2. The highest BCUT2D eigenvalue weighted by Crippen LogP contribution is 2.28. The largest absolute Gasteiger partial charge is 0.346 e. The zero-order valence-corrected chi connectivity index (χ0v) is 18.3. The van der Waals surface area contributed by atoms with E-state index in [1.165, 1.54) is 11.1 Å². The number of aromatic amines is 1. The molecule has 1 aromatic carbocycles. The average Bonchev–Trinajstić information content (AvgIpc) is 3.52. The van der Waals surface area contributed by atoms with Gasteiger partial charge in [-0.15, -0.1) is 0 Å². The number of unbranched alkanes of at least 4 members (excludes halogenated alkanes) is 1. The van der Waals surface area contributed by atoms with Gasteiger partial charge in [0.15, 0.2) is 0 Å². The third-order valence-corrected chi connectivity index (χ3v) is 5.88. The zero-order chi connectivity index (χ0) is 22.1. The maximum atomic E-state index is 12.6. The van der Waals surface area contributed by atoms with Crippen molar-refractivity contribution in [3.63, 3.8) is 0 Å². The van der Waals surface area contributed by atoms with Gasteiger partial charge in [0, 0.05) is 66.7 Å². The predicted molar refractivity (Wildman–Crippen MR) is 127 cm³/mol. The van der Waals surface area contributed by atoms with Crippen LogP contribution in [0.15, 0.2) is 61.3 Å². The molecule has 4 aromatic heterocycles. The second kappa shape index (κ2) is 8.34. The van der Waals surface area contributed by atoms with Gasteiger partial charge in [0.2, 0.25) is 0 Å². The van der Waals surface area contributed by atoms with Crippen molar-refractivity contribution in [1.29, 1.82) is 0 Å². The standard InChI is InChI=1S/C25H26N6O/c1-3-4-9-26-25(32)31-10-8-21-17(6-5-7-23(21)31)11-19-14-28-24-22(19)12-18(13-27-24)20-15-29-30(2)16-20/h5-8,10,12-16H,3-4,9,11H2,1-2H3,(H,26,32)(H,27,28). The molecule has 32 heavy (non-hydrogen) atoms. The lowest BCUT2D eigenvalue weighted by atomic mass is 10.0. The molecule has 2 N–H and O–H groups in total. The molecule has 0 aliphatic carbocycles. The van der Waals surface area contributed by atoms with E-state index in [-0.39, 0.29) is 6.03 Å². The van der Waals surface area contributed by atoms with E-state index in [0.717, 1.165) is 52.3 Å². The molecule has 5 rings (SSSR count). The SMILES string of the molecule is CCCCNC(=O)n1ccc2c(Cc3c[nH]c4ncc(-c5cnn(C)c5)cc34)cccc21. The minimum atomic E-state index is -0.0805. The summed E-state index contributed by atoms with van der Waals surface area (Å²) in [5.74, 6) is 0. The molecule has 1 amide bonds. The molecule has 0 saturated carbocycles. The lowest BCUT2D eigenvalue weighted by Crippen LogP contribution is -2.28. The van der Waals surface area contributed by atoms with E-state index in [0.29, 0.717) is 6.54 Å². The minimum Gasteiger partial charge on any atom is -0.346 e. The summed E-state index contributed by atoms with van der Waals surface area (Å²) in [5, 5.41) is 9.45. The molecule has 0 bridgehead atoms. The lowest BCUT2D eigenvalue weighted by molar-refractivity contribution is 0.243. The molecule has 0 radical (unpaired) electrons. The summed E-state index contributed by atoms with van der Waals surface area (Å²) in [6, 6.07) is 10.2. The van der Waals surface area contributed by atoms with E-state index in [1.807, 2.05) is 56.2 Å². The average molecular weight is 427 g/mol. The van der Waals surface area contributed by atoms with Crippen LogP contribution in [0.2, 0.25) is 0 Å². The normalized spacial score (nSPS) is 11.4. The van der Waals surface area contributed by atoms with Crippen LogP contribution in [0.1, 0.15) is 30.9 Å². The van der Waals surface area contributed by atoms with Crippen molar-refractivity contribution in [2.45, 2.75) is 26.2 Å². The molecule has 4 heterocycles. The third kappa shape index (κ3) is 3.66. The van der Waals surface area contributed by atoms with Gasteiger partial charge in [-0.05, 0) is 35.7 Å². The number of rotatable bonds is 6. The highest BCUT2D eigenvalue weighted by molar-refractivity contribution is 5.94. The van der Waals surface area contributed by atoms with Crippen molar-refractivity contribution in [1.82, 2.24) is 29.6 Å². The number of pyridine rings is 1. The Hall–Kier alpha value is -3.87. The summed E-state index contributed by atoms with van der Waals surface area (Å²) >= 11 is 0. The first-order valence-electron chi connectivity index (χ1n) is 11.0. The number of nitrogens with one attached hydrogen (secondary N) is 2. The molecule has 0 saturated heterocycles. The molecule has 0 spiro atoms. The quantitative estimate of drug-likeness (QED) is 0.380. The molecule has 5 aromatic rings. The van der Waals surface area contributed by atoms with Gasteiger partial charge in [0.1, 0.15) is 5.65 Å². The minimum absolute atomic E-state index is 0.0805. The Morgan fingerprint density at radius 1 is 1.12 bits per heavy atom. The predicted octanol–water partition coefficient (Wildman–Crippen LogP) is 4.87. The molecule has 0 unspecified atom stereocenters. The fourth-order valence-electron chi connectivity index (χ4n) is 4.16. The Kier molecular flexibility index (Phi) is 5.23. The molecular formula is C25H26N6O. The topological polar surface area (TPSA) is 80.5 Å². The van der Waals surface area contributed by atoms with Crippen molar-refractivity contribution >= 4 is 28.0 Å². The van der Waals surface area contributed by atoms with Crippen molar-refractivity contribution in [2.75, 3.05) is 6.54 Å². The molecule has 0 fully saturated rings. The molecule has 7 nitrogen and oxygen atoms in total. The maximum absolute atomic E-state index is 12.6. The summed E-state index contributed by atoms with van der Waals surface area (Å²) in [4.78, 5) is 20.5. The Bertz CT molecular complexity index is 1410. The zero-order valence-electron chi connectivity index (χ0n) is 18.3. The van der Waals surface area contributed by atoms with E-state index < -0.39 is 0 Å². The van der Waals surface area contributed by atoms with Gasteiger partial charge in [-0.25, -0.2) is 9.78 Å². The Labute approximate surface area is 186 Å². The molecule has 0 aliphatic heterocycles. The Morgan fingerprint density at radius 2 is 2.03 bits per heavy atom. The van der Waals surface area contributed by atoms with Gasteiger partial charge < -0.3 is 10.3 Å². The van der Waals surface area contributed by atoms with Crippen LogP contribution in [0, 0.1) is 0 Å². The number of H-pyrrole nitrogens is 1. The van der Waals surface area contributed by atoms with Crippen LogP contribution in [0.4, 0.5) is 4.79 Å². The van der Waals surface area contributed by atoms with Crippen LogP contribution in [-0.4, -0.2) is 36.9 Å². The van der Waals surface area contributed by atoms with E-state index in [1.54, 1.807) is 9.25 Å². The van der Waals surface area contributed by atoms with E-state index in [9.17, 15) is 4.79 Å². The highest BCUT2D eigenvalue weighted by Gasteiger charge is 2.13. The highest BCUT2D eigenvalue weighted by atomic mass is 16.2. The van der Waals surface area contributed by atoms with Crippen LogP contribution in [-0.2, 0) is 13.5 Å².